The van der Waals surface area contributed by atoms with Gasteiger partial charge in [-0.05, 0) is 35.9 Å². The highest BCUT2D eigenvalue weighted by atomic mass is 35.5. The zero-order valence-electron chi connectivity index (χ0n) is 11.8. The second-order valence-electron chi connectivity index (χ2n) is 4.58. The van der Waals surface area contributed by atoms with Crippen LogP contribution in [0.5, 0.6) is 5.75 Å². The summed E-state index contributed by atoms with van der Waals surface area (Å²) < 4.78 is 5.13. The number of hydrogen-bond acceptors (Lipinski definition) is 3. The van der Waals surface area contributed by atoms with E-state index in [2.05, 4.69) is 10.6 Å². The molecule has 2 N–H and O–H groups in total. The molecule has 21 heavy (non-hydrogen) atoms. The summed E-state index contributed by atoms with van der Waals surface area (Å²) >= 11 is 12.0. The molecule has 0 saturated carbocycles. The highest BCUT2D eigenvalue weighted by Gasteiger charge is 2.00. The second-order valence-corrected chi connectivity index (χ2v) is 5.42. The van der Waals surface area contributed by atoms with Gasteiger partial charge in [0.1, 0.15) is 5.75 Å². The van der Waals surface area contributed by atoms with Crippen LogP contribution in [0.2, 0.25) is 10.0 Å². The molecule has 2 rings (SSSR count). The van der Waals surface area contributed by atoms with Crippen molar-refractivity contribution in [1.82, 2.24) is 5.32 Å². The molecule has 112 valence electrons. The summed E-state index contributed by atoms with van der Waals surface area (Å²) in [4.78, 5) is 0. The first-order valence-electron chi connectivity index (χ1n) is 6.71. The third kappa shape index (κ3) is 5.12. The van der Waals surface area contributed by atoms with Crippen molar-refractivity contribution in [2.45, 2.75) is 6.54 Å². The lowest BCUT2D eigenvalue weighted by atomic mass is 10.2. The minimum absolute atomic E-state index is 0.674. The summed E-state index contributed by atoms with van der Waals surface area (Å²) in [5.41, 5.74) is 2.08. The molecule has 0 unspecified atom stereocenters. The molecule has 0 saturated heterocycles. The monoisotopic (exact) mass is 324 g/mol. The number of hydrogen-bond donors (Lipinski definition) is 2. The van der Waals surface area contributed by atoms with Gasteiger partial charge in [-0.3, -0.25) is 0 Å². The highest BCUT2D eigenvalue weighted by Crippen LogP contribution is 2.24. The number of ether oxygens (including phenoxy) is 1. The van der Waals surface area contributed by atoms with Crippen LogP contribution in [0.1, 0.15) is 5.56 Å². The van der Waals surface area contributed by atoms with E-state index in [0.29, 0.717) is 10.0 Å². The van der Waals surface area contributed by atoms with Gasteiger partial charge in [0.15, 0.2) is 0 Å². The summed E-state index contributed by atoms with van der Waals surface area (Å²) in [6.45, 7) is 2.42. The Morgan fingerprint density at radius 3 is 2.48 bits per heavy atom. The van der Waals surface area contributed by atoms with Gasteiger partial charge in [0.05, 0.1) is 17.8 Å². The van der Waals surface area contributed by atoms with Gasteiger partial charge in [-0.15, -0.1) is 0 Å². The molecule has 0 atom stereocenters. The summed E-state index contributed by atoms with van der Waals surface area (Å²) in [5.74, 6) is 0.871. The number of halogens is 2. The van der Waals surface area contributed by atoms with Crippen LogP contribution >= 0.6 is 23.2 Å². The van der Waals surface area contributed by atoms with Crippen molar-refractivity contribution in [1.29, 1.82) is 0 Å². The Balaban J connectivity index is 1.71. The second kappa shape index (κ2) is 8.13. The molecule has 0 aliphatic carbocycles. The molecule has 0 heterocycles. The molecule has 2 aromatic carbocycles. The molecule has 2 aromatic rings. The summed E-state index contributed by atoms with van der Waals surface area (Å²) in [6, 6.07) is 13.4. The molecule has 0 spiro atoms. The lowest BCUT2D eigenvalue weighted by Gasteiger charge is -2.10. The Kier molecular flexibility index (Phi) is 6.18. The van der Waals surface area contributed by atoms with Gasteiger partial charge in [0.2, 0.25) is 0 Å². The van der Waals surface area contributed by atoms with Gasteiger partial charge in [-0.1, -0.05) is 35.3 Å². The standard InChI is InChI=1S/C16H18Cl2N2O/c1-21-14-5-2-12(3-6-14)11-19-8-9-20-16-10-13(17)4-7-15(16)18/h2-7,10,19-20H,8-9,11H2,1H3. The van der Waals surface area contributed by atoms with Crippen LogP contribution in [0, 0.1) is 0 Å². The third-order valence-corrected chi connectivity index (χ3v) is 3.60. The maximum Gasteiger partial charge on any atom is 0.118 e. The topological polar surface area (TPSA) is 33.3 Å². The van der Waals surface area contributed by atoms with Crippen LogP contribution in [-0.2, 0) is 6.54 Å². The van der Waals surface area contributed by atoms with E-state index in [1.54, 1.807) is 19.2 Å². The number of methoxy groups -OCH3 is 1. The van der Waals surface area contributed by atoms with E-state index in [9.17, 15) is 0 Å². The van der Waals surface area contributed by atoms with Gasteiger partial charge in [-0.25, -0.2) is 0 Å². The van der Waals surface area contributed by atoms with Gasteiger partial charge < -0.3 is 15.4 Å². The largest absolute Gasteiger partial charge is 0.497 e. The minimum atomic E-state index is 0.674. The van der Waals surface area contributed by atoms with E-state index >= 15 is 0 Å². The predicted octanol–water partition coefficient (Wildman–Crippen LogP) is 4.20. The molecule has 3 nitrogen and oxygen atoms in total. The molecule has 0 aromatic heterocycles. The van der Waals surface area contributed by atoms with Crippen LogP contribution in [0.25, 0.3) is 0 Å². The highest BCUT2D eigenvalue weighted by molar-refractivity contribution is 6.35. The molecule has 0 radical (unpaired) electrons. The first-order chi connectivity index (χ1) is 10.2. The minimum Gasteiger partial charge on any atom is -0.497 e. The molecule has 0 fully saturated rings. The first kappa shape index (κ1) is 16.0. The van der Waals surface area contributed by atoms with Crippen molar-refractivity contribution in [2.75, 3.05) is 25.5 Å². The van der Waals surface area contributed by atoms with E-state index < -0.39 is 0 Å². The Morgan fingerprint density at radius 2 is 1.76 bits per heavy atom. The van der Waals surface area contributed by atoms with Crippen molar-refractivity contribution >= 4 is 28.9 Å². The van der Waals surface area contributed by atoms with E-state index in [1.165, 1.54) is 5.56 Å². The van der Waals surface area contributed by atoms with Gasteiger partial charge in [-0.2, -0.15) is 0 Å². The summed E-state index contributed by atoms with van der Waals surface area (Å²) in [6.07, 6.45) is 0. The van der Waals surface area contributed by atoms with Crippen LogP contribution < -0.4 is 15.4 Å². The maximum absolute atomic E-state index is 6.08. The van der Waals surface area contributed by atoms with Crippen LogP contribution in [-0.4, -0.2) is 20.2 Å². The van der Waals surface area contributed by atoms with Gasteiger partial charge >= 0.3 is 0 Å². The molecular formula is C16H18Cl2N2O. The molecule has 0 aliphatic heterocycles. The third-order valence-electron chi connectivity index (χ3n) is 3.03. The average Bonchev–Trinajstić information content (AvgIpc) is 2.51. The first-order valence-corrected chi connectivity index (χ1v) is 7.47. The van der Waals surface area contributed by atoms with Gasteiger partial charge in [0.25, 0.3) is 0 Å². The zero-order valence-corrected chi connectivity index (χ0v) is 13.3. The van der Waals surface area contributed by atoms with E-state index in [4.69, 9.17) is 27.9 Å². The lowest BCUT2D eigenvalue weighted by Crippen LogP contribution is -2.21. The Labute approximate surface area is 135 Å². The van der Waals surface area contributed by atoms with Crippen LogP contribution in [0.3, 0.4) is 0 Å². The lowest BCUT2D eigenvalue weighted by molar-refractivity contribution is 0.414. The normalized spacial score (nSPS) is 10.4. The summed E-state index contributed by atoms with van der Waals surface area (Å²) in [5, 5.41) is 7.97. The predicted molar refractivity (Wildman–Crippen MR) is 89.7 cm³/mol. The van der Waals surface area contributed by atoms with Crippen molar-refractivity contribution < 1.29 is 4.74 Å². The Morgan fingerprint density at radius 1 is 1.00 bits per heavy atom. The van der Waals surface area contributed by atoms with Crippen molar-refractivity contribution in [2.24, 2.45) is 0 Å². The van der Waals surface area contributed by atoms with Crippen molar-refractivity contribution in [3.05, 3.63) is 58.1 Å². The molecule has 0 aliphatic rings. The number of rotatable bonds is 7. The number of benzene rings is 2. The zero-order chi connectivity index (χ0) is 15.1. The fourth-order valence-corrected chi connectivity index (χ4v) is 2.25. The number of nitrogens with one attached hydrogen (secondary N) is 2. The Hall–Kier alpha value is -1.42. The van der Waals surface area contributed by atoms with E-state index in [0.717, 1.165) is 31.1 Å². The van der Waals surface area contributed by atoms with Crippen LogP contribution in [0.15, 0.2) is 42.5 Å². The van der Waals surface area contributed by atoms with E-state index in [-0.39, 0.29) is 0 Å². The number of anilines is 1. The van der Waals surface area contributed by atoms with Crippen molar-refractivity contribution in [3.8, 4) is 5.75 Å². The Bertz CT molecular complexity index is 573. The van der Waals surface area contributed by atoms with Crippen molar-refractivity contribution in [3.63, 3.8) is 0 Å². The smallest absolute Gasteiger partial charge is 0.118 e. The molecule has 5 heteroatoms. The average molecular weight is 325 g/mol. The molecule has 0 amide bonds. The SMILES string of the molecule is COc1ccc(CNCCNc2cc(Cl)ccc2Cl)cc1. The quantitative estimate of drug-likeness (QED) is 0.749. The fourth-order valence-electron chi connectivity index (χ4n) is 1.89. The molecule has 0 bridgehead atoms. The fraction of sp³-hybridized carbons (Fsp3) is 0.250. The van der Waals surface area contributed by atoms with E-state index in [1.807, 2.05) is 30.3 Å². The maximum atomic E-state index is 6.08. The molecular weight excluding hydrogens is 307 g/mol. The summed E-state index contributed by atoms with van der Waals surface area (Å²) in [7, 11) is 1.67. The van der Waals surface area contributed by atoms with Crippen LogP contribution in [0.4, 0.5) is 5.69 Å². The van der Waals surface area contributed by atoms with Gasteiger partial charge in [0, 0.05) is 24.7 Å².